The molecule has 2 aromatic carbocycles. The molecule has 4 rings (SSSR count). The Bertz CT molecular complexity index is 924. The molecule has 3 aromatic rings. The van der Waals surface area contributed by atoms with Gasteiger partial charge in [0.25, 0.3) is 5.71 Å². The largest absolute Gasteiger partial charge is 0.394 e. The molecule has 2 heterocycles. The minimum Gasteiger partial charge on any atom is -0.394 e. The van der Waals surface area contributed by atoms with Gasteiger partial charge in [-0.1, -0.05) is 59.7 Å². The van der Waals surface area contributed by atoms with Gasteiger partial charge in [0.2, 0.25) is 0 Å². The molecule has 1 atom stereocenters. The number of hydrogen-bond acceptors (Lipinski definition) is 3. The van der Waals surface area contributed by atoms with Crippen LogP contribution >= 0.6 is 0 Å². The number of hydrogen-bond donors (Lipinski definition) is 1. The molecule has 0 saturated carbocycles. The second-order valence-electron chi connectivity index (χ2n) is 6.44. The van der Waals surface area contributed by atoms with Crippen LogP contribution in [0.1, 0.15) is 34.8 Å². The summed E-state index contributed by atoms with van der Waals surface area (Å²) < 4.78 is 0. The zero-order valence-electron chi connectivity index (χ0n) is 14.2. The lowest BCUT2D eigenvalue weighted by Gasteiger charge is -2.11. The molecule has 1 unspecified atom stereocenters. The van der Waals surface area contributed by atoms with Crippen LogP contribution < -0.4 is 0 Å². The van der Waals surface area contributed by atoms with Crippen molar-refractivity contribution in [2.75, 3.05) is 0 Å². The summed E-state index contributed by atoms with van der Waals surface area (Å²) in [7, 11) is 0. The summed E-state index contributed by atoms with van der Waals surface area (Å²) in [6, 6.07) is 16.2. The quantitative estimate of drug-likeness (QED) is 0.735. The Kier molecular flexibility index (Phi) is 3.76. The molecule has 0 aliphatic carbocycles. The van der Waals surface area contributed by atoms with Crippen molar-refractivity contribution in [1.29, 1.82) is 0 Å². The van der Waals surface area contributed by atoms with Crippen molar-refractivity contribution in [2.45, 2.75) is 26.4 Å². The molecule has 1 aliphatic heterocycles. The van der Waals surface area contributed by atoms with Crippen molar-refractivity contribution in [1.82, 2.24) is 10.2 Å². The number of benzene rings is 2. The number of rotatable bonds is 3. The van der Waals surface area contributed by atoms with E-state index in [-0.39, 0.29) is 6.10 Å². The molecule has 1 aromatic heterocycles. The first-order valence-corrected chi connectivity index (χ1v) is 8.29. The normalized spacial score (nSPS) is 17.0. The van der Waals surface area contributed by atoms with Crippen LogP contribution in [0.15, 0.2) is 54.7 Å². The van der Waals surface area contributed by atoms with Gasteiger partial charge in [0, 0.05) is 10.5 Å². The number of nitrogens with one attached hydrogen (secondary N) is 1. The van der Waals surface area contributed by atoms with E-state index in [4.69, 9.17) is 4.84 Å². The third-order valence-electron chi connectivity index (χ3n) is 4.56. The van der Waals surface area contributed by atoms with Gasteiger partial charge in [-0.3, -0.25) is 10.3 Å². The molecule has 0 saturated heterocycles. The van der Waals surface area contributed by atoms with Gasteiger partial charge in [-0.25, -0.2) is 0 Å². The Balaban J connectivity index is 1.64. The molecule has 1 N–H and O–H groups in total. The van der Waals surface area contributed by atoms with E-state index in [1.54, 1.807) is 6.20 Å². The molecular weight excluding hydrogens is 314 g/mol. The third kappa shape index (κ3) is 2.89. The van der Waals surface area contributed by atoms with E-state index in [0.29, 0.717) is 17.0 Å². The van der Waals surface area contributed by atoms with Crippen molar-refractivity contribution in [3.05, 3.63) is 82.2 Å². The Labute approximate surface area is 146 Å². The molecule has 0 fully saturated rings. The van der Waals surface area contributed by atoms with Gasteiger partial charge in [-0.05, 0) is 19.4 Å². The smallest absolute Gasteiger partial charge is 0.257 e. The van der Waals surface area contributed by atoms with Crippen LogP contribution in [-0.2, 0) is 4.84 Å². The van der Waals surface area contributed by atoms with Crippen LogP contribution in [0.2, 0.25) is 0 Å². The van der Waals surface area contributed by atoms with Crippen LogP contribution in [-0.4, -0.2) is 20.8 Å². The monoisotopic (exact) mass is 333 g/mol. The number of aromatic amines is 1. The fraction of sp³-hybridized carbons (Fsp3) is 0.200. The van der Waals surface area contributed by atoms with Crippen molar-refractivity contribution >= 4 is 5.71 Å². The lowest BCUT2D eigenvalue weighted by atomic mass is 9.98. The Morgan fingerprint density at radius 3 is 2.36 bits per heavy atom. The predicted molar refractivity (Wildman–Crippen MR) is 96.1 cm³/mol. The average molecular weight is 333 g/mol. The van der Waals surface area contributed by atoms with Crippen LogP contribution in [0.25, 0.3) is 11.3 Å². The molecule has 0 spiro atoms. The van der Waals surface area contributed by atoms with E-state index < -0.39 is 0 Å². The molecule has 0 radical (unpaired) electrons. The molecule has 0 amide bonds. The van der Waals surface area contributed by atoms with Crippen LogP contribution in [0.5, 0.6) is 0 Å². The van der Waals surface area contributed by atoms with Gasteiger partial charge in [0.05, 0.1) is 23.9 Å². The molecule has 5 heteroatoms. The van der Waals surface area contributed by atoms with Crippen LogP contribution in [0.4, 0.5) is 0 Å². The zero-order chi connectivity index (χ0) is 17.4. The van der Waals surface area contributed by atoms with Gasteiger partial charge in [0.15, 0.2) is 0 Å². The first-order chi connectivity index (χ1) is 12.1. The Morgan fingerprint density at radius 1 is 1.04 bits per heavy atom. The average Bonchev–Trinajstić information content (AvgIpc) is 3.23. The second kappa shape index (κ2) is 6.09. The van der Waals surface area contributed by atoms with E-state index in [2.05, 4.69) is 10.2 Å². The summed E-state index contributed by atoms with van der Waals surface area (Å²) in [5.74, 6) is 0. The standard InChI is InChI=1S/C20H19N3O2/c1-13-3-7-15(8-4-13)19-11-18(23(24)25-19)17-12-21-22-20(17)16-9-5-14(2)6-10-16/h3-10,12,19H,11H2,1-2H3,(H,21,22). The highest BCUT2D eigenvalue weighted by atomic mass is 16.9. The SMILES string of the molecule is Cc1ccc(-c2[nH]ncc2C2=[N+]([O-])OC(c3ccc(C)cc3)C2)cc1. The van der Waals surface area contributed by atoms with Gasteiger partial charge < -0.3 is 4.84 Å². The molecule has 1 aliphatic rings. The van der Waals surface area contributed by atoms with Gasteiger partial charge in [-0.15, -0.1) is 0 Å². The Morgan fingerprint density at radius 2 is 1.68 bits per heavy atom. The highest BCUT2D eigenvalue weighted by Crippen LogP contribution is 2.32. The Hall–Kier alpha value is -3.08. The van der Waals surface area contributed by atoms with Gasteiger partial charge in [0.1, 0.15) is 6.10 Å². The highest BCUT2D eigenvalue weighted by molar-refractivity contribution is 6.02. The summed E-state index contributed by atoms with van der Waals surface area (Å²) in [4.78, 5) is 6.16. The summed E-state index contributed by atoms with van der Waals surface area (Å²) >= 11 is 0. The maximum Gasteiger partial charge on any atom is 0.257 e. The molecule has 5 nitrogen and oxygen atoms in total. The lowest BCUT2D eigenvalue weighted by Crippen LogP contribution is -2.08. The van der Waals surface area contributed by atoms with Gasteiger partial charge >= 0.3 is 0 Å². The van der Waals surface area contributed by atoms with Gasteiger partial charge in [-0.2, -0.15) is 5.10 Å². The third-order valence-corrected chi connectivity index (χ3v) is 4.56. The van der Waals surface area contributed by atoms with E-state index >= 15 is 0 Å². The van der Waals surface area contributed by atoms with Crippen molar-refractivity contribution < 1.29 is 9.74 Å². The second-order valence-corrected chi connectivity index (χ2v) is 6.44. The fourth-order valence-electron chi connectivity index (χ4n) is 3.08. The predicted octanol–water partition coefficient (Wildman–Crippen LogP) is 4.07. The first kappa shape index (κ1) is 15.4. The van der Waals surface area contributed by atoms with E-state index in [1.165, 1.54) is 11.1 Å². The van der Waals surface area contributed by atoms with E-state index in [1.807, 2.05) is 62.4 Å². The van der Waals surface area contributed by atoms with Crippen molar-refractivity contribution in [2.24, 2.45) is 0 Å². The summed E-state index contributed by atoms with van der Waals surface area (Å²) in [5.41, 5.74) is 6.58. The number of aromatic nitrogens is 2. The minimum absolute atomic E-state index is 0.270. The van der Waals surface area contributed by atoms with Crippen molar-refractivity contribution in [3.63, 3.8) is 0 Å². The molecular formula is C20H19N3O2. The summed E-state index contributed by atoms with van der Waals surface area (Å²) in [6.45, 7) is 4.08. The maximum absolute atomic E-state index is 12.4. The van der Waals surface area contributed by atoms with E-state index in [0.717, 1.165) is 22.4 Å². The van der Waals surface area contributed by atoms with Crippen LogP contribution in [0.3, 0.4) is 0 Å². The molecule has 25 heavy (non-hydrogen) atoms. The fourth-order valence-corrected chi connectivity index (χ4v) is 3.08. The highest BCUT2D eigenvalue weighted by Gasteiger charge is 2.33. The zero-order valence-corrected chi connectivity index (χ0v) is 14.2. The van der Waals surface area contributed by atoms with E-state index in [9.17, 15) is 5.21 Å². The summed E-state index contributed by atoms with van der Waals surface area (Å²) in [5, 5.41) is 19.5. The number of aryl methyl sites for hydroxylation is 2. The van der Waals surface area contributed by atoms with Crippen molar-refractivity contribution in [3.8, 4) is 11.3 Å². The lowest BCUT2D eigenvalue weighted by molar-refractivity contribution is -0.742. The topological polar surface area (TPSA) is 64.0 Å². The first-order valence-electron chi connectivity index (χ1n) is 8.29. The number of H-pyrrole nitrogens is 1. The van der Waals surface area contributed by atoms with Crippen LogP contribution in [0, 0.1) is 19.1 Å². The number of nitrogens with zero attached hydrogens (tertiary/aromatic N) is 2. The molecule has 126 valence electrons. The maximum atomic E-state index is 12.4. The minimum atomic E-state index is -0.270. The summed E-state index contributed by atoms with van der Waals surface area (Å²) in [6.07, 6.45) is 1.94. The molecule has 0 bridgehead atoms.